The van der Waals surface area contributed by atoms with Gasteiger partial charge >= 0.3 is 0 Å². The van der Waals surface area contributed by atoms with Crippen molar-refractivity contribution in [1.29, 1.82) is 0 Å². The van der Waals surface area contributed by atoms with E-state index in [1.54, 1.807) is 14.0 Å². The highest BCUT2D eigenvalue weighted by Crippen LogP contribution is 2.12. The summed E-state index contributed by atoms with van der Waals surface area (Å²) in [5, 5.41) is 12.2. The quantitative estimate of drug-likeness (QED) is 0.445. The van der Waals surface area contributed by atoms with Crippen LogP contribution < -0.4 is 21.3 Å². The maximum Gasteiger partial charge on any atom is 0.238 e. The average Bonchev–Trinajstić information content (AvgIpc) is 2.72. The third kappa shape index (κ3) is 6.48. The molecule has 150 valence electrons. The molecular weight excluding hydrogens is 352 g/mol. The van der Waals surface area contributed by atoms with Crippen molar-refractivity contribution in [3.8, 4) is 0 Å². The van der Waals surface area contributed by atoms with Crippen LogP contribution in [0, 0.1) is 0 Å². The first-order valence-corrected chi connectivity index (χ1v) is 9.46. The largest absolute Gasteiger partial charge is 0.382 e. The number of aldehydes is 1. The summed E-state index contributed by atoms with van der Waals surface area (Å²) in [5.74, 6) is -0.202. The molecule has 4 N–H and O–H groups in total. The third-order valence-electron chi connectivity index (χ3n) is 4.61. The first-order valence-electron chi connectivity index (χ1n) is 9.46. The van der Waals surface area contributed by atoms with Gasteiger partial charge in [0.2, 0.25) is 5.91 Å². The minimum absolute atomic E-state index is 0.202. The van der Waals surface area contributed by atoms with Crippen molar-refractivity contribution in [3.05, 3.63) is 65.7 Å². The molecule has 28 heavy (non-hydrogen) atoms. The van der Waals surface area contributed by atoms with Crippen molar-refractivity contribution >= 4 is 17.9 Å². The molecule has 0 aliphatic carbocycles. The van der Waals surface area contributed by atoms with Crippen molar-refractivity contribution < 1.29 is 9.59 Å². The Bertz CT molecular complexity index is 749. The molecule has 0 spiro atoms. The predicted molar refractivity (Wildman–Crippen MR) is 113 cm³/mol. The van der Waals surface area contributed by atoms with Gasteiger partial charge in [-0.15, -0.1) is 0 Å². The third-order valence-corrected chi connectivity index (χ3v) is 4.61. The van der Waals surface area contributed by atoms with Gasteiger partial charge in [0.25, 0.3) is 0 Å². The van der Waals surface area contributed by atoms with E-state index in [1.807, 2.05) is 61.6 Å². The summed E-state index contributed by atoms with van der Waals surface area (Å²) < 4.78 is 0. The first-order chi connectivity index (χ1) is 13.5. The molecule has 0 bridgehead atoms. The Morgan fingerprint density at radius 2 is 1.71 bits per heavy atom. The summed E-state index contributed by atoms with van der Waals surface area (Å²) >= 11 is 0. The van der Waals surface area contributed by atoms with Crippen LogP contribution >= 0.6 is 0 Å². The van der Waals surface area contributed by atoms with Gasteiger partial charge in [-0.2, -0.15) is 0 Å². The summed E-state index contributed by atoms with van der Waals surface area (Å²) in [6.45, 7) is 2.82. The second kappa shape index (κ2) is 10.6. The highest BCUT2D eigenvalue weighted by molar-refractivity contribution is 5.86. The van der Waals surface area contributed by atoms with E-state index >= 15 is 0 Å². The minimum Gasteiger partial charge on any atom is -0.382 e. The number of likely N-dealkylation sites (N-methyl/N-ethyl adjacent to an activating group) is 1. The highest BCUT2D eigenvalue weighted by atomic mass is 16.2. The molecule has 2 aromatic rings. The molecule has 0 fully saturated rings. The van der Waals surface area contributed by atoms with Gasteiger partial charge in [0, 0.05) is 18.8 Å². The Labute approximate surface area is 167 Å². The summed E-state index contributed by atoms with van der Waals surface area (Å²) in [7, 11) is 3.65. The SMILES string of the molecule is CNCc1ccc(NC[C@](C)(C=O)NC(=O)[C@H](Cc2ccccc2)NC)cc1. The molecule has 6 heteroatoms. The van der Waals surface area contributed by atoms with Crippen LogP contribution in [0.4, 0.5) is 5.69 Å². The molecule has 0 unspecified atom stereocenters. The van der Waals surface area contributed by atoms with Crippen LogP contribution in [-0.2, 0) is 22.6 Å². The topological polar surface area (TPSA) is 82.3 Å². The lowest BCUT2D eigenvalue weighted by molar-refractivity contribution is -0.127. The van der Waals surface area contributed by atoms with Gasteiger partial charge in [0.15, 0.2) is 0 Å². The maximum absolute atomic E-state index is 12.7. The monoisotopic (exact) mass is 382 g/mol. The lowest BCUT2D eigenvalue weighted by Crippen LogP contribution is -2.57. The van der Waals surface area contributed by atoms with Crippen molar-refractivity contribution in [2.75, 3.05) is 26.0 Å². The number of anilines is 1. The van der Waals surface area contributed by atoms with Gasteiger partial charge in [0.05, 0.1) is 6.04 Å². The van der Waals surface area contributed by atoms with Gasteiger partial charge in [-0.1, -0.05) is 42.5 Å². The number of hydrogen-bond acceptors (Lipinski definition) is 5. The van der Waals surface area contributed by atoms with Crippen LogP contribution in [0.3, 0.4) is 0 Å². The van der Waals surface area contributed by atoms with E-state index in [9.17, 15) is 9.59 Å². The van der Waals surface area contributed by atoms with E-state index in [4.69, 9.17) is 0 Å². The van der Waals surface area contributed by atoms with E-state index < -0.39 is 11.6 Å². The Morgan fingerprint density at radius 3 is 2.29 bits per heavy atom. The fourth-order valence-corrected chi connectivity index (χ4v) is 2.89. The number of amides is 1. The molecule has 0 aliphatic heterocycles. The average molecular weight is 383 g/mol. The smallest absolute Gasteiger partial charge is 0.238 e. The zero-order valence-corrected chi connectivity index (χ0v) is 16.8. The first kappa shape index (κ1) is 21.6. The van der Waals surface area contributed by atoms with E-state index in [2.05, 4.69) is 21.3 Å². The Kier molecular flexibility index (Phi) is 8.17. The van der Waals surface area contributed by atoms with Crippen LogP contribution in [0.5, 0.6) is 0 Å². The fourth-order valence-electron chi connectivity index (χ4n) is 2.89. The lowest BCUT2D eigenvalue weighted by Gasteiger charge is -2.28. The highest BCUT2D eigenvalue weighted by Gasteiger charge is 2.29. The minimum atomic E-state index is -1.01. The molecule has 1 amide bonds. The fraction of sp³-hybridized carbons (Fsp3) is 0.364. The molecule has 0 saturated heterocycles. The van der Waals surface area contributed by atoms with Crippen molar-refractivity contribution in [2.45, 2.75) is 31.5 Å². The molecular formula is C22H30N4O2. The molecule has 0 saturated carbocycles. The number of carbonyl (C=O) groups is 2. The van der Waals surface area contributed by atoms with Crippen LogP contribution in [0.25, 0.3) is 0 Å². The number of benzene rings is 2. The zero-order chi connectivity index (χ0) is 20.4. The van der Waals surface area contributed by atoms with Gasteiger partial charge in [-0.05, 0) is 50.7 Å². The van der Waals surface area contributed by atoms with Crippen LogP contribution in [-0.4, -0.2) is 44.4 Å². The van der Waals surface area contributed by atoms with Crippen LogP contribution in [0.2, 0.25) is 0 Å². The van der Waals surface area contributed by atoms with Crippen LogP contribution in [0.15, 0.2) is 54.6 Å². The lowest BCUT2D eigenvalue weighted by atomic mass is 10.0. The summed E-state index contributed by atoms with van der Waals surface area (Å²) in [6.07, 6.45) is 1.33. The molecule has 6 nitrogen and oxygen atoms in total. The van der Waals surface area contributed by atoms with E-state index in [1.165, 1.54) is 5.56 Å². The van der Waals surface area contributed by atoms with Crippen LogP contribution in [0.1, 0.15) is 18.1 Å². The molecule has 0 heterocycles. The maximum atomic E-state index is 12.7. The molecule has 0 aliphatic rings. The second-order valence-corrected chi connectivity index (χ2v) is 7.14. The number of rotatable bonds is 11. The standard InChI is InChI=1S/C22H30N4O2/c1-22(16-27,15-25-19-11-9-18(10-12-19)14-23-2)26-21(28)20(24-3)13-17-7-5-4-6-8-17/h4-12,16,20,23-25H,13-15H2,1-3H3,(H,26,28)/t20-,22+/m0/s1. The van der Waals surface area contributed by atoms with E-state index in [-0.39, 0.29) is 5.91 Å². The Morgan fingerprint density at radius 1 is 1.04 bits per heavy atom. The van der Waals surface area contributed by atoms with E-state index in [0.717, 1.165) is 24.1 Å². The van der Waals surface area contributed by atoms with Crippen molar-refractivity contribution in [3.63, 3.8) is 0 Å². The normalized spacial score (nSPS) is 14.0. The van der Waals surface area contributed by atoms with Gasteiger partial charge in [0.1, 0.15) is 11.8 Å². The van der Waals surface area contributed by atoms with Crippen molar-refractivity contribution in [1.82, 2.24) is 16.0 Å². The van der Waals surface area contributed by atoms with Gasteiger partial charge in [-0.25, -0.2) is 0 Å². The van der Waals surface area contributed by atoms with Gasteiger partial charge < -0.3 is 26.1 Å². The van der Waals surface area contributed by atoms with Gasteiger partial charge in [-0.3, -0.25) is 4.79 Å². The predicted octanol–water partition coefficient (Wildman–Crippen LogP) is 1.72. The molecule has 2 atom stereocenters. The summed E-state index contributed by atoms with van der Waals surface area (Å²) in [4.78, 5) is 24.4. The number of nitrogens with one attached hydrogen (secondary N) is 4. The van der Waals surface area contributed by atoms with E-state index in [0.29, 0.717) is 13.0 Å². The zero-order valence-electron chi connectivity index (χ0n) is 16.8. The Hall–Kier alpha value is -2.70. The Balaban J connectivity index is 1.95. The molecule has 2 aromatic carbocycles. The summed E-state index contributed by atoms with van der Waals surface area (Å²) in [5.41, 5.74) is 2.13. The molecule has 2 rings (SSSR count). The molecule has 0 aromatic heterocycles. The second-order valence-electron chi connectivity index (χ2n) is 7.14. The number of hydrogen-bond donors (Lipinski definition) is 4. The number of carbonyl (C=O) groups excluding carboxylic acids is 2. The summed E-state index contributed by atoms with van der Waals surface area (Å²) in [6, 6.07) is 17.4. The van der Waals surface area contributed by atoms with Crippen molar-refractivity contribution in [2.24, 2.45) is 0 Å². The molecule has 0 radical (unpaired) electrons.